The van der Waals surface area contributed by atoms with Gasteiger partial charge in [0.1, 0.15) is 0 Å². The Morgan fingerprint density at radius 1 is 1.30 bits per heavy atom. The Bertz CT molecular complexity index is 535. The molecule has 1 fully saturated rings. The molecule has 1 heterocycles. The zero-order chi connectivity index (χ0) is 14.6. The van der Waals surface area contributed by atoms with Gasteiger partial charge in [-0.15, -0.1) is 0 Å². The van der Waals surface area contributed by atoms with E-state index in [1.54, 1.807) is 24.3 Å². The fourth-order valence-electron chi connectivity index (χ4n) is 2.26. The van der Waals surface area contributed by atoms with Gasteiger partial charge in [0, 0.05) is 23.5 Å². The van der Waals surface area contributed by atoms with Crippen LogP contribution < -0.4 is 10.0 Å². The first kappa shape index (κ1) is 15.7. The van der Waals surface area contributed by atoms with Crippen molar-refractivity contribution in [3.63, 3.8) is 0 Å². The Morgan fingerprint density at radius 2 is 2.00 bits per heavy atom. The van der Waals surface area contributed by atoms with Gasteiger partial charge >= 0.3 is 0 Å². The van der Waals surface area contributed by atoms with Crippen molar-refractivity contribution < 1.29 is 8.42 Å². The Kier molecular flexibility index (Phi) is 4.99. The highest BCUT2D eigenvalue weighted by atomic mass is 32.2. The summed E-state index contributed by atoms with van der Waals surface area (Å²) in [6, 6.07) is 6.88. The highest BCUT2D eigenvalue weighted by Gasteiger charge is 2.31. The summed E-state index contributed by atoms with van der Waals surface area (Å²) in [5, 5.41) is 3.15. The van der Waals surface area contributed by atoms with Gasteiger partial charge in [-0.05, 0) is 56.7 Å². The van der Waals surface area contributed by atoms with Crippen molar-refractivity contribution in [3.8, 4) is 0 Å². The topological polar surface area (TPSA) is 58.2 Å². The number of sulfonamides is 1. The van der Waals surface area contributed by atoms with Crippen LogP contribution in [0.1, 0.15) is 26.7 Å². The van der Waals surface area contributed by atoms with E-state index >= 15 is 0 Å². The van der Waals surface area contributed by atoms with Crippen LogP contribution >= 0.6 is 11.8 Å². The number of nitrogens with one attached hydrogen (secondary N) is 2. The monoisotopic (exact) mass is 314 g/mol. The van der Waals surface area contributed by atoms with Gasteiger partial charge in [0.2, 0.25) is 10.0 Å². The van der Waals surface area contributed by atoms with Crippen molar-refractivity contribution in [1.29, 1.82) is 0 Å². The summed E-state index contributed by atoms with van der Waals surface area (Å²) >= 11 is 1.85. The lowest BCUT2D eigenvalue weighted by molar-refractivity contribution is 0.552. The normalized spacial score (nSPS) is 22.9. The van der Waals surface area contributed by atoms with Crippen LogP contribution in [0, 0.1) is 0 Å². The van der Waals surface area contributed by atoms with Gasteiger partial charge in [0.05, 0.1) is 4.90 Å². The van der Waals surface area contributed by atoms with Crippen LogP contribution in [-0.4, -0.2) is 32.0 Å². The third kappa shape index (κ3) is 3.90. The summed E-state index contributed by atoms with van der Waals surface area (Å²) in [5.74, 6) is 1.12. The van der Waals surface area contributed by atoms with Gasteiger partial charge in [-0.3, -0.25) is 0 Å². The molecule has 1 atom stereocenters. The molecule has 1 unspecified atom stereocenters. The molecule has 0 spiro atoms. The molecule has 0 radical (unpaired) electrons. The molecule has 20 heavy (non-hydrogen) atoms. The number of thioether (sulfide) groups is 1. The fraction of sp³-hybridized carbons (Fsp3) is 0.571. The molecule has 1 aliphatic heterocycles. The van der Waals surface area contributed by atoms with Gasteiger partial charge in [-0.25, -0.2) is 13.1 Å². The average Bonchev–Trinajstić information content (AvgIpc) is 2.85. The SMILES string of the molecule is CCNc1ccc(S(=O)(=O)NCC2(C)CCCS2)cc1. The van der Waals surface area contributed by atoms with E-state index in [0.29, 0.717) is 11.4 Å². The predicted octanol–water partition coefficient (Wildman–Crippen LogP) is 2.68. The second-order valence-electron chi connectivity index (χ2n) is 5.28. The third-order valence-corrected chi connectivity index (χ3v) is 6.44. The van der Waals surface area contributed by atoms with Crippen molar-refractivity contribution in [1.82, 2.24) is 4.72 Å². The largest absolute Gasteiger partial charge is 0.385 e. The molecule has 6 heteroatoms. The average molecular weight is 314 g/mol. The summed E-state index contributed by atoms with van der Waals surface area (Å²) in [5.41, 5.74) is 0.935. The highest BCUT2D eigenvalue weighted by molar-refractivity contribution is 8.01. The van der Waals surface area contributed by atoms with E-state index in [-0.39, 0.29) is 4.75 Å². The lowest BCUT2D eigenvalue weighted by Crippen LogP contribution is -2.36. The molecular formula is C14H22N2O2S2. The van der Waals surface area contributed by atoms with Crippen molar-refractivity contribution in [2.24, 2.45) is 0 Å². The number of benzene rings is 1. The molecule has 4 nitrogen and oxygen atoms in total. The van der Waals surface area contributed by atoms with Gasteiger partial charge in [-0.1, -0.05) is 0 Å². The minimum atomic E-state index is -3.41. The van der Waals surface area contributed by atoms with Gasteiger partial charge in [-0.2, -0.15) is 11.8 Å². The van der Waals surface area contributed by atoms with Crippen molar-refractivity contribution in [2.75, 3.05) is 24.2 Å². The second-order valence-corrected chi connectivity index (χ2v) is 8.73. The molecule has 112 valence electrons. The van der Waals surface area contributed by atoms with E-state index < -0.39 is 10.0 Å². The Morgan fingerprint density at radius 3 is 2.55 bits per heavy atom. The van der Waals surface area contributed by atoms with E-state index in [1.165, 1.54) is 6.42 Å². The molecule has 0 saturated carbocycles. The van der Waals surface area contributed by atoms with Crippen LogP contribution in [0.25, 0.3) is 0 Å². The summed E-state index contributed by atoms with van der Waals surface area (Å²) < 4.78 is 27.3. The fourth-order valence-corrected chi connectivity index (χ4v) is 4.77. The van der Waals surface area contributed by atoms with Crippen LogP contribution in [0.2, 0.25) is 0 Å². The molecule has 2 N–H and O–H groups in total. The standard InChI is InChI=1S/C14H22N2O2S2/c1-3-15-12-5-7-13(8-6-12)20(17,18)16-11-14(2)9-4-10-19-14/h5-8,15-16H,3-4,9-11H2,1-2H3. The second kappa shape index (κ2) is 6.37. The zero-order valence-corrected chi connectivity index (χ0v) is 13.6. The lowest BCUT2D eigenvalue weighted by Gasteiger charge is -2.22. The zero-order valence-electron chi connectivity index (χ0n) is 12.0. The van der Waals surface area contributed by atoms with Crippen LogP contribution in [0.3, 0.4) is 0 Å². The summed E-state index contributed by atoms with van der Waals surface area (Å²) in [6.45, 7) is 5.45. The predicted molar refractivity (Wildman–Crippen MR) is 85.9 cm³/mol. The molecule has 0 aromatic heterocycles. The number of hydrogen-bond acceptors (Lipinski definition) is 4. The molecule has 0 bridgehead atoms. The van der Waals surface area contributed by atoms with E-state index in [1.807, 2.05) is 18.7 Å². The van der Waals surface area contributed by atoms with E-state index in [2.05, 4.69) is 17.0 Å². The maximum atomic E-state index is 12.3. The first-order valence-electron chi connectivity index (χ1n) is 6.93. The highest BCUT2D eigenvalue weighted by Crippen LogP contribution is 2.37. The number of rotatable bonds is 6. The molecule has 1 saturated heterocycles. The van der Waals surface area contributed by atoms with Crippen molar-refractivity contribution in [3.05, 3.63) is 24.3 Å². The van der Waals surface area contributed by atoms with Crippen LogP contribution in [-0.2, 0) is 10.0 Å². The molecule has 1 aromatic rings. The van der Waals surface area contributed by atoms with Gasteiger partial charge in [0.25, 0.3) is 0 Å². The number of hydrogen-bond donors (Lipinski definition) is 2. The summed E-state index contributed by atoms with van der Waals surface area (Å²) in [7, 11) is -3.41. The molecule has 0 amide bonds. The number of anilines is 1. The van der Waals surface area contributed by atoms with Crippen LogP contribution in [0.15, 0.2) is 29.2 Å². The van der Waals surface area contributed by atoms with Crippen molar-refractivity contribution in [2.45, 2.75) is 36.3 Å². The smallest absolute Gasteiger partial charge is 0.240 e. The van der Waals surface area contributed by atoms with E-state index in [0.717, 1.165) is 24.4 Å². The maximum absolute atomic E-state index is 12.3. The maximum Gasteiger partial charge on any atom is 0.240 e. The van der Waals surface area contributed by atoms with E-state index in [9.17, 15) is 8.42 Å². The molecule has 0 aliphatic carbocycles. The van der Waals surface area contributed by atoms with Gasteiger partial charge < -0.3 is 5.32 Å². The van der Waals surface area contributed by atoms with Crippen LogP contribution in [0.5, 0.6) is 0 Å². The van der Waals surface area contributed by atoms with Gasteiger partial charge in [0.15, 0.2) is 0 Å². The Hall–Kier alpha value is -0.720. The quantitative estimate of drug-likeness (QED) is 0.847. The first-order valence-corrected chi connectivity index (χ1v) is 9.40. The Balaban J connectivity index is 2.02. The third-order valence-electron chi connectivity index (χ3n) is 3.48. The Labute approximate surface area is 125 Å². The molecule has 1 aliphatic rings. The molecule has 1 aromatic carbocycles. The van der Waals surface area contributed by atoms with Crippen molar-refractivity contribution >= 4 is 27.5 Å². The summed E-state index contributed by atoms with van der Waals surface area (Å²) in [4.78, 5) is 0.325. The minimum Gasteiger partial charge on any atom is -0.385 e. The lowest BCUT2D eigenvalue weighted by atomic mass is 10.1. The first-order chi connectivity index (χ1) is 9.45. The molecule has 2 rings (SSSR count). The summed E-state index contributed by atoms with van der Waals surface area (Å²) in [6.07, 6.45) is 2.24. The van der Waals surface area contributed by atoms with E-state index in [4.69, 9.17) is 0 Å². The minimum absolute atomic E-state index is 0.0385. The molecular weight excluding hydrogens is 292 g/mol. The van der Waals surface area contributed by atoms with Crippen LogP contribution in [0.4, 0.5) is 5.69 Å².